The molecule has 1 atom stereocenters. The fourth-order valence-electron chi connectivity index (χ4n) is 2.47. The van der Waals surface area contributed by atoms with Gasteiger partial charge in [0.1, 0.15) is 11.5 Å². The predicted octanol–water partition coefficient (Wildman–Crippen LogP) is 3.82. The zero-order valence-corrected chi connectivity index (χ0v) is 11.8. The van der Waals surface area contributed by atoms with Gasteiger partial charge in [-0.25, -0.2) is 0 Å². The first kappa shape index (κ1) is 12.9. The molecule has 1 aromatic carbocycles. The molecule has 0 saturated carbocycles. The molecule has 1 heterocycles. The Morgan fingerprint density at radius 3 is 2.00 bits per heavy atom. The van der Waals surface area contributed by atoms with Gasteiger partial charge in [-0.3, -0.25) is 0 Å². The molecule has 2 rings (SSSR count). The monoisotopic (exact) mass is 243 g/mol. The van der Waals surface area contributed by atoms with Gasteiger partial charge in [-0.05, 0) is 45.9 Å². The minimum atomic E-state index is 0.197. The lowest BCUT2D eigenvalue weighted by Gasteiger charge is -2.17. The topological polar surface area (TPSA) is 25.2 Å². The molecule has 0 spiro atoms. The molecule has 0 aliphatic carbocycles. The number of furan rings is 1. The zero-order valence-electron chi connectivity index (χ0n) is 11.8. The van der Waals surface area contributed by atoms with E-state index in [1.165, 1.54) is 22.3 Å². The fourth-order valence-corrected chi connectivity index (χ4v) is 2.47. The summed E-state index contributed by atoms with van der Waals surface area (Å²) < 4.78 is 5.73. The van der Waals surface area contributed by atoms with Crippen molar-refractivity contribution in [3.05, 3.63) is 58.0 Å². The second-order valence-electron chi connectivity index (χ2n) is 4.89. The van der Waals surface area contributed by atoms with Gasteiger partial charge in [-0.1, -0.05) is 29.8 Å². The quantitative estimate of drug-likeness (QED) is 0.886. The lowest BCUT2D eigenvalue weighted by atomic mass is 9.95. The molecule has 2 heteroatoms. The summed E-state index contributed by atoms with van der Waals surface area (Å²) in [6, 6.07) is 8.85. The van der Waals surface area contributed by atoms with Crippen molar-refractivity contribution in [3.63, 3.8) is 0 Å². The number of aryl methyl sites for hydroxylation is 3. The molecule has 0 aliphatic heterocycles. The second-order valence-corrected chi connectivity index (χ2v) is 4.89. The summed E-state index contributed by atoms with van der Waals surface area (Å²) >= 11 is 0. The molecule has 18 heavy (non-hydrogen) atoms. The van der Waals surface area contributed by atoms with Gasteiger partial charge >= 0.3 is 0 Å². The van der Waals surface area contributed by atoms with Crippen LogP contribution in [0.5, 0.6) is 0 Å². The first-order valence-electron chi connectivity index (χ1n) is 6.35. The van der Waals surface area contributed by atoms with Gasteiger partial charge in [0.2, 0.25) is 0 Å². The minimum Gasteiger partial charge on any atom is -0.466 e. The largest absolute Gasteiger partial charge is 0.466 e. The van der Waals surface area contributed by atoms with Crippen molar-refractivity contribution in [1.82, 2.24) is 5.32 Å². The molecule has 1 unspecified atom stereocenters. The Morgan fingerprint density at radius 2 is 1.56 bits per heavy atom. The van der Waals surface area contributed by atoms with E-state index in [0.29, 0.717) is 0 Å². The number of nitrogens with one attached hydrogen (secondary N) is 1. The highest BCUT2D eigenvalue weighted by molar-refractivity contribution is 5.41. The van der Waals surface area contributed by atoms with Crippen LogP contribution in [0, 0.1) is 27.7 Å². The molecule has 0 saturated heterocycles. The Hall–Kier alpha value is -1.54. The van der Waals surface area contributed by atoms with E-state index in [1.807, 2.05) is 20.9 Å². The average Bonchev–Trinajstić information content (AvgIpc) is 2.59. The molecule has 0 radical (unpaired) electrons. The summed E-state index contributed by atoms with van der Waals surface area (Å²) in [5, 5.41) is 3.39. The minimum absolute atomic E-state index is 0.197. The summed E-state index contributed by atoms with van der Waals surface area (Å²) in [6.45, 7) is 8.29. The number of hydrogen-bond acceptors (Lipinski definition) is 2. The summed E-state index contributed by atoms with van der Waals surface area (Å²) in [7, 11) is 1.99. The highest BCUT2D eigenvalue weighted by atomic mass is 16.3. The molecule has 1 N–H and O–H groups in total. The smallest absolute Gasteiger partial charge is 0.106 e. The van der Waals surface area contributed by atoms with Crippen molar-refractivity contribution in [2.75, 3.05) is 7.05 Å². The normalized spacial score (nSPS) is 12.7. The predicted molar refractivity (Wildman–Crippen MR) is 75.0 cm³/mol. The zero-order chi connectivity index (χ0) is 13.3. The maximum absolute atomic E-state index is 5.73. The van der Waals surface area contributed by atoms with Crippen molar-refractivity contribution < 1.29 is 4.42 Å². The molecule has 96 valence electrons. The Kier molecular flexibility index (Phi) is 3.58. The van der Waals surface area contributed by atoms with E-state index >= 15 is 0 Å². The Labute approximate surface area is 109 Å². The van der Waals surface area contributed by atoms with Crippen LogP contribution in [0.2, 0.25) is 0 Å². The number of rotatable bonds is 3. The van der Waals surface area contributed by atoms with Crippen LogP contribution >= 0.6 is 0 Å². The van der Waals surface area contributed by atoms with Crippen LogP contribution < -0.4 is 5.32 Å². The lowest BCUT2D eigenvalue weighted by molar-refractivity contribution is 0.495. The van der Waals surface area contributed by atoms with Crippen LogP contribution in [-0.2, 0) is 0 Å². The van der Waals surface area contributed by atoms with Gasteiger partial charge in [-0.2, -0.15) is 0 Å². The first-order valence-corrected chi connectivity index (χ1v) is 6.35. The van der Waals surface area contributed by atoms with Gasteiger partial charge in [0.15, 0.2) is 0 Å². The van der Waals surface area contributed by atoms with Gasteiger partial charge in [0, 0.05) is 5.56 Å². The molecule has 1 aromatic heterocycles. The highest BCUT2D eigenvalue weighted by Crippen LogP contribution is 2.31. The maximum atomic E-state index is 5.73. The van der Waals surface area contributed by atoms with Crippen LogP contribution in [0.4, 0.5) is 0 Å². The first-order chi connectivity index (χ1) is 8.54. The Bertz CT molecular complexity index is 537. The third kappa shape index (κ3) is 2.21. The summed E-state index contributed by atoms with van der Waals surface area (Å²) in [4.78, 5) is 0. The number of benzene rings is 1. The van der Waals surface area contributed by atoms with Crippen molar-refractivity contribution in [2.24, 2.45) is 0 Å². The van der Waals surface area contributed by atoms with Crippen LogP contribution in [0.1, 0.15) is 39.8 Å². The van der Waals surface area contributed by atoms with Crippen LogP contribution in [0.3, 0.4) is 0 Å². The van der Waals surface area contributed by atoms with E-state index in [9.17, 15) is 0 Å². The summed E-state index contributed by atoms with van der Waals surface area (Å²) in [5.74, 6) is 2.01. The third-order valence-corrected chi connectivity index (χ3v) is 3.61. The average molecular weight is 243 g/mol. The van der Waals surface area contributed by atoms with Gasteiger partial charge in [-0.15, -0.1) is 0 Å². The van der Waals surface area contributed by atoms with E-state index in [-0.39, 0.29) is 6.04 Å². The molecule has 0 amide bonds. The van der Waals surface area contributed by atoms with Crippen molar-refractivity contribution in [2.45, 2.75) is 33.7 Å². The summed E-state index contributed by atoms with van der Waals surface area (Å²) in [6.07, 6.45) is 0. The number of hydrogen-bond donors (Lipinski definition) is 1. The summed E-state index contributed by atoms with van der Waals surface area (Å²) in [5.41, 5.74) is 5.06. The van der Waals surface area contributed by atoms with Crippen LogP contribution in [0.25, 0.3) is 0 Å². The van der Waals surface area contributed by atoms with Gasteiger partial charge < -0.3 is 9.73 Å². The molecule has 0 bridgehead atoms. The Morgan fingerprint density at radius 1 is 0.944 bits per heavy atom. The molecular weight excluding hydrogens is 222 g/mol. The molecule has 0 aliphatic rings. The molecule has 2 nitrogen and oxygen atoms in total. The molecule has 2 aromatic rings. The molecular formula is C16H21NO. The Balaban J connectivity index is 2.48. The third-order valence-electron chi connectivity index (χ3n) is 3.61. The van der Waals surface area contributed by atoms with E-state index in [2.05, 4.69) is 43.4 Å². The van der Waals surface area contributed by atoms with E-state index < -0.39 is 0 Å². The second kappa shape index (κ2) is 4.99. The van der Waals surface area contributed by atoms with Crippen LogP contribution in [-0.4, -0.2) is 7.05 Å². The van der Waals surface area contributed by atoms with E-state index in [4.69, 9.17) is 4.42 Å². The van der Waals surface area contributed by atoms with Crippen molar-refractivity contribution >= 4 is 0 Å². The van der Waals surface area contributed by atoms with E-state index in [1.54, 1.807) is 0 Å². The lowest BCUT2D eigenvalue weighted by Crippen LogP contribution is -2.18. The van der Waals surface area contributed by atoms with Gasteiger partial charge in [0.05, 0.1) is 6.04 Å². The van der Waals surface area contributed by atoms with Gasteiger partial charge in [0.25, 0.3) is 0 Å². The highest BCUT2D eigenvalue weighted by Gasteiger charge is 2.21. The molecule has 0 fully saturated rings. The standard InChI is InChI=1S/C16H21NO/c1-10-6-8-14(9-7-10)16(17-5)15-11(2)12(3)18-13(15)4/h6-9,16-17H,1-5H3. The van der Waals surface area contributed by atoms with Crippen LogP contribution in [0.15, 0.2) is 28.7 Å². The van der Waals surface area contributed by atoms with E-state index in [0.717, 1.165) is 11.5 Å². The van der Waals surface area contributed by atoms with Crippen molar-refractivity contribution in [1.29, 1.82) is 0 Å². The maximum Gasteiger partial charge on any atom is 0.106 e. The SMILES string of the molecule is CNC(c1ccc(C)cc1)c1c(C)oc(C)c1C. The fraction of sp³-hybridized carbons (Fsp3) is 0.375. The van der Waals surface area contributed by atoms with Crippen molar-refractivity contribution in [3.8, 4) is 0 Å².